The predicted octanol–water partition coefficient (Wildman–Crippen LogP) is 2.30. The summed E-state index contributed by atoms with van der Waals surface area (Å²) in [5.74, 6) is 0. The van der Waals surface area contributed by atoms with Crippen LogP contribution in [0.2, 0.25) is 5.02 Å². The Kier molecular flexibility index (Phi) is 4.77. The van der Waals surface area contributed by atoms with Gasteiger partial charge in [-0.05, 0) is 24.0 Å². The summed E-state index contributed by atoms with van der Waals surface area (Å²) in [6.45, 7) is 0.0698. The number of rotatable bonds is 4. The van der Waals surface area contributed by atoms with Gasteiger partial charge >= 0.3 is 0 Å². The Bertz CT molecular complexity index is 577. The Labute approximate surface area is 109 Å². The molecule has 0 aliphatic heterocycles. The maximum Gasteiger partial charge on any atom is 0.235 e. The molecule has 0 spiro atoms. The number of hydrogen-bond donors (Lipinski definition) is 0. The third-order valence-corrected chi connectivity index (χ3v) is 4.51. The van der Waals surface area contributed by atoms with Gasteiger partial charge in [0.25, 0.3) is 0 Å². The fourth-order valence-corrected chi connectivity index (χ4v) is 3.87. The Morgan fingerprint density at radius 1 is 1.47 bits per heavy atom. The lowest BCUT2D eigenvalue weighted by atomic mass is 10.2. The lowest BCUT2D eigenvalue weighted by Crippen LogP contribution is -2.01. The highest BCUT2D eigenvalue weighted by atomic mass is 35.5. The first kappa shape index (κ1) is 14.3. The van der Waals surface area contributed by atoms with Crippen LogP contribution >= 0.6 is 23.4 Å². The van der Waals surface area contributed by atoms with Crippen molar-refractivity contribution in [3.05, 3.63) is 22.7 Å². The smallest absolute Gasteiger partial charge is 0.224 e. The highest BCUT2D eigenvalue weighted by Gasteiger charge is 2.17. The van der Waals surface area contributed by atoms with E-state index >= 15 is 0 Å². The molecule has 0 aliphatic rings. The summed E-state index contributed by atoms with van der Waals surface area (Å²) in [5.41, 5.74) is 0.566. The topological polar surface area (TPSA) is 63.6 Å². The van der Waals surface area contributed by atoms with Crippen molar-refractivity contribution in [3.8, 4) is 0 Å². The van der Waals surface area contributed by atoms with Crippen LogP contribution in [0.15, 0.2) is 26.9 Å². The van der Waals surface area contributed by atoms with Gasteiger partial charge in [-0.25, -0.2) is 18.2 Å². The van der Waals surface area contributed by atoms with Crippen LogP contribution in [-0.4, -0.2) is 27.0 Å². The molecule has 92 valence electrons. The van der Waals surface area contributed by atoms with E-state index in [1.807, 2.05) is 0 Å². The number of isocyanates is 1. The first-order valence-corrected chi connectivity index (χ1v) is 7.99. The molecule has 0 fully saturated rings. The summed E-state index contributed by atoms with van der Waals surface area (Å²) in [7, 11) is -3.36. The van der Waals surface area contributed by atoms with Gasteiger partial charge in [-0.1, -0.05) is 11.6 Å². The van der Waals surface area contributed by atoms with E-state index in [1.54, 1.807) is 12.3 Å². The number of nitrogens with zero attached hydrogens (tertiary/aromatic N) is 1. The molecule has 4 nitrogen and oxygen atoms in total. The van der Waals surface area contributed by atoms with Crippen LogP contribution in [0.1, 0.15) is 5.56 Å². The molecular formula is C10H10ClNO3S2. The fraction of sp³-hybridized carbons (Fsp3) is 0.300. The number of hydrogen-bond acceptors (Lipinski definition) is 5. The minimum atomic E-state index is -3.36. The van der Waals surface area contributed by atoms with E-state index in [0.29, 0.717) is 15.5 Å². The second-order valence-corrected chi connectivity index (χ2v) is 6.50. The lowest BCUT2D eigenvalue weighted by Gasteiger charge is -2.09. The molecule has 0 saturated heterocycles. The highest BCUT2D eigenvalue weighted by molar-refractivity contribution is 7.99. The summed E-state index contributed by atoms with van der Waals surface area (Å²) < 4.78 is 23.2. The second kappa shape index (κ2) is 5.69. The molecule has 1 aromatic carbocycles. The van der Waals surface area contributed by atoms with Crippen LogP contribution in [0, 0.1) is 0 Å². The van der Waals surface area contributed by atoms with Gasteiger partial charge in [-0.2, -0.15) is 0 Å². The highest BCUT2D eigenvalue weighted by Crippen LogP contribution is 2.33. The molecule has 0 amide bonds. The Morgan fingerprint density at radius 2 is 2.12 bits per heavy atom. The van der Waals surface area contributed by atoms with Gasteiger partial charge in [0, 0.05) is 11.2 Å². The summed E-state index contributed by atoms with van der Waals surface area (Å²) in [5, 5.41) is 0.344. The van der Waals surface area contributed by atoms with Crippen molar-refractivity contribution in [1.82, 2.24) is 0 Å². The van der Waals surface area contributed by atoms with Gasteiger partial charge in [0.1, 0.15) is 0 Å². The zero-order valence-corrected chi connectivity index (χ0v) is 11.6. The molecule has 0 bridgehead atoms. The van der Waals surface area contributed by atoms with Gasteiger partial charge < -0.3 is 0 Å². The molecule has 0 atom stereocenters. The van der Waals surface area contributed by atoms with E-state index in [2.05, 4.69) is 4.99 Å². The maximum atomic E-state index is 11.6. The minimum absolute atomic E-state index is 0.0698. The van der Waals surface area contributed by atoms with E-state index in [1.165, 1.54) is 23.9 Å². The average Bonchev–Trinajstić information content (AvgIpc) is 2.24. The Morgan fingerprint density at radius 3 is 2.59 bits per heavy atom. The quantitative estimate of drug-likeness (QED) is 0.485. The van der Waals surface area contributed by atoms with Crippen molar-refractivity contribution in [2.24, 2.45) is 4.99 Å². The fourth-order valence-electron chi connectivity index (χ4n) is 1.31. The summed E-state index contributed by atoms with van der Waals surface area (Å²) in [6, 6.07) is 3.08. The van der Waals surface area contributed by atoms with E-state index in [-0.39, 0.29) is 11.4 Å². The number of halogens is 1. The third-order valence-electron chi connectivity index (χ3n) is 2.00. The molecule has 1 aromatic rings. The SMILES string of the molecule is CSc1c(Cl)cc(CN=C=O)cc1S(C)(=O)=O. The van der Waals surface area contributed by atoms with Crippen LogP contribution in [0.3, 0.4) is 0 Å². The van der Waals surface area contributed by atoms with Gasteiger partial charge in [-0.15, -0.1) is 11.8 Å². The summed E-state index contributed by atoms with van der Waals surface area (Å²) >= 11 is 7.26. The molecule has 0 unspecified atom stereocenters. The largest absolute Gasteiger partial charge is 0.235 e. The predicted molar refractivity (Wildman–Crippen MR) is 68.2 cm³/mol. The Hall–Kier alpha value is -0.810. The zero-order valence-electron chi connectivity index (χ0n) is 9.23. The lowest BCUT2D eigenvalue weighted by molar-refractivity contribution is 0.562. The monoisotopic (exact) mass is 291 g/mol. The number of sulfone groups is 1. The number of carbonyl (C=O) groups excluding carboxylic acids is 1. The van der Waals surface area contributed by atoms with Crippen molar-refractivity contribution < 1.29 is 13.2 Å². The van der Waals surface area contributed by atoms with Crippen LogP contribution in [0.4, 0.5) is 0 Å². The zero-order chi connectivity index (χ0) is 13.1. The summed E-state index contributed by atoms with van der Waals surface area (Å²) in [4.78, 5) is 14.1. The maximum absolute atomic E-state index is 11.6. The second-order valence-electron chi connectivity index (χ2n) is 3.29. The molecule has 0 radical (unpaired) electrons. The normalized spacial score (nSPS) is 11.0. The molecule has 0 aromatic heterocycles. The van der Waals surface area contributed by atoms with Gasteiger partial charge in [0.2, 0.25) is 6.08 Å². The van der Waals surface area contributed by atoms with Gasteiger partial charge in [0.05, 0.1) is 16.5 Å². The van der Waals surface area contributed by atoms with E-state index in [9.17, 15) is 13.2 Å². The first-order valence-electron chi connectivity index (χ1n) is 4.50. The van der Waals surface area contributed by atoms with E-state index < -0.39 is 9.84 Å². The van der Waals surface area contributed by atoms with Crippen LogP contribution in [0.5, 0.6) is 0 Å². The molecular weight excluding hydrogens is 282 g/mol. The number of benzene rings is 1. The molecule has 0 N–H and O–H groups in total. The van der Waals surface area contributed by atoms with Crippen molar-refractivity contribution >= 4 is 39.3 Å². The molecule has 17 heavy (non-hydrogen) atoms. The minimum Gasteiger partial charge on any atom is -0.224 e. The average molecular weight is 292 g/mol. The van der Waals surface area contributed by atoms with Crippen molar-refractivity contribution in [2.75, 3.05) is 12.5 Å². The molecule has 0 heterocycles. The van der Waals surface area contributed by atoms with E-state index in [0.717, 1.165) is 6.26 Å². The number of aliphatic imine (C=N–C) groups is 1. The van der Waals surface area contributed by atoms with Crippen molar-refractivity contribution in [2.45, 2.75) is 16.3 Å². The first-order chi connectivity index (χ1) is 7.90. The standard InChI is InChI=1S/C10H10ClNO3S2/c1-16-10-8(11)3-7(5-12-6-13)4-9(10)17(2,14)15/h3-4H,5H2,1-2H3. The number of thioether (sulfide) groups is 1. The van der Waals surface area contributed by atoms with Crippen molar-refractivity contribution in [3.63, 3.8) is 0 Å². The third kappa shape index (κ3) is 3.57. The van der Waals surface area contributed by atoms with Crippen LogP contribution in [0.25, 0.3) is 0 Å². The Balaban J connectivity index is 3.44. The van der Waals surface area contributed by atoms with Gasteiger partial charge in [0.15, 0.2) is 9.84 Å². The molecule has 0 aliphatic carbocycles. The van der Waals surface area contributed by atoms with E-state index in [4.69, 9.17) is 11.6 Å². The van der Waals surface area contributed by atoms with Crippen molar-refractivity contribution in [1.29, 1.82) is 0 Å². The summed E-state index contributed by atoms with van der Waals surface area (Å²) in [6.07, 6.45) is 4.27. The molecule has 7 heteroatoms. The molecule has 0 saturated carbocycles. The van der Waals surface area contributed by atoms with Gasteiger partial charge in [-0.3, -0.25) is 0 Å². The molecule has 1 rings (SSSR count). The van der Waals surface area contributed by atoms with Crippen LogP contribution in [-0.2, 0) is 21.2 Å². The van der Waals surface area contributed by atoms with Crippen LogP contribution < -0.4 is 0 Å².